The Kier molecular flexibility index (Phi) is 4.21. The van der Waals surface area contributed by atoms with Gasteiger partial charge in [0.2, 0.25) is 5.82 Å². The van der Waals surface area contributed by atoms with E-state index in [0.29, 0.717) is 22.0 Å². The lowest BCUT2D eigenvalue weighted by molar-refractivity contribution is 0.0961. The third-order valence-corrected chi connectivity index (χ3v) is 3.86. The summed E-state index contributed by atoms with van der Waals surface area (Å²) in [5.74, 6) is 0.356. The zero-order valence-electron chi connectivity index (χ0n) is 12.8. The van der Waals surface area contributed by atoms with Gasteiger partial charge in [-0.2, -0.15) is 4.80 Å². The number of carbonyl (C=O) groups excluding carboxylic acids is 1. The number of nitrogens with zero attached hydrogens (tertiary/aromatic N) is 4. The molecule has 0 spiro atoms. The number of ketones is 1. The Labute approximate surface area is 138 Å². The molecule has 0 fully saturated rings. The highest BCUT2D eigenvalue weighted by atomic mass is 35.5. The van der Waals surface area contributed by atoms with Gasteiger partial charge in [-0.05, 0) is 36.8 Å². The number of benzene rings is 2. The van der Waals surface area contributed by atoms with E-state index in [0.717, 1.165) is 11.1 Å². The van der Waals surface area contributed by atoms with Crippen molar-refractivity contribution in [2.24, 2.45) is 0 Å². The number of hydrogen-bond donors (Lipinski definition) is 0. The summed E-state index contributed by atoms with van der Waals surface area (Å²) < 4.78 is 0. The maximum absolute atomic E-state index is 12.4. The lowest BCUT2D eigenvalue weighted by Gasteiger charge is -2.05. The molecule has 2 aromatic carbocycles. The van der Waals surface area contributed by atoms with Crippen LogP contribution in [0.3, 0.4) is 0 Å². The second-order valence-electron chi connectivity index (χ2n) is 5.36. The number of hydrogen-bond acceptors (Lipinski definition) is 4. The minimum atomic E-state index is -0.0504. The number of aryl methyl sites for hydroxylation is 2. The fraction of sp³-hybridized carbons (Fsp3) is 0.176. The molecule has 116 valence electrons. The molecule has 5 nitrogen and oxygen atoms in total. The van der Waals surface area contributed by atoms with Crippen LogP contribution < -0.4 is 0 Å². The minimum Gasteiger partial charge on any atom is -0.292 e. The Morgan fingerprint density at radius 1 is 1.17 bits per heavy atom. The van der Waals surface area contributed by atoms with Crippen molar-refractivity contribution in [2.45, 2.75) is 20.4 Å². The number of tetrazole rings is 1. The standard InChI is InChI=1S/C17H15ClN4O/c1-11-7-8-13(12(2)9-11)16(23)10-22-20-17(19-21-22)14-5-3-4-6-15(14)18/h3-9H,10H2,1-2H3. The van der Waals surface area contributed by atoms with Crippen LogP contribution in [-0.4, -0.2) is 26.0 Å². The first kappa shape index (κ1) is 15.4. The van der Waals surface area contributed by atoms with Gasteiger partial charge in [0.15, 0.2) is 5.78 Å². The summed E-state index contributed by atoms with van der Waals surface area (Å²) in [5, 5.41) is 12.7. The predicted molar refractivity (Wildman–Crippen MR) is 88.5 cm³/mol. The Hall–Kier alpha value is -2.53. The van der Waals surface area contributed by atoms with E-state index < -0.39 is 0 Å². The van der Waals surface area contributed by atoms with Crippen molar-refractivity contribution in [3.63, 3.8) is 0 Å². The molecule has 0 aliphatic carbocycles. The van der Waals surface area contributed by atoms with Crippen molar-refractivity contribution < 1.29 is 4.79 Å². The first-order valence-electron chi connectivity index (χ1n) is 7.18. The first-order valence-corrected chi connectivity index (χ1v) is 7.55. The van der Waals surface area contributed by atoms with Gasteiger partial charge < -0.3 is 0 Å². The number of Topliss-reactive ketones (excluding diaryl/α,β-unsaturated/α-hetero) is 1. The van der Waals surface area contributed by atoms with E-state index in [-0.39, 0.29) is 12.3 Å². The topological polar surface area (TPSA) is 60.7 Å². The van der Waals surface area contributed by atoms with Crippen molar-refractivity contribution in [1.29, 1.82) is 0 Å². The Bertz CT molecular complexity index is 873. The van der Waals surface area contributed by atoms with E-state index in [2.05, 4.69) is 15.4 Å². The normalized spacial score (nSPS) is 10.7. The number of rotatable bonds is 4. The molecule has 6 heteroatoms. The van der Waals surface area contributed by atoms with Crippen LogP contribution in [-0.2, 0) is 6.54 Å². The molecule has 0 atom stereocenters. The molecular weight excluding hydrogens is 312 g/mol. The minimum absolute atomic E-state index is 0.0430. The zero-order valence-corrected chi connectivity index (χ0v) is 13.6. The quantitative estimate of drug-likeness (QED) is 0.688. The van der Waals surface area contributed by atoms with Crippen molar-refractivity contribution in [2.75, 3.05) is 0 Å². The smallest absolute Gasteiger partial charge is 0.206 e. The Morgan fingerprint density at radius 2 is 1.96 bits per heavy atom. The summed E-state index contributed by atoms with van der Waals surface area (Å²) in [6, 6.07) is 13.0. The van der Waals surface area contributed by atoms with E-state index in [4.69, 9.17) is 11.6 Å². The largest absolute Gasteiger partial charge is 0.292 e. The van der Waals surface area contributed by atoms with Gasteiger partial charge in [-0.3, -0.25) is 4.79 Å². The highest BCUT2D eigenvalue weighted by Gasteiger charge is 2.14. The van der Waals surface area contributed by atoms with E-state index in [1.54, 1.807) is 6.07 Å². The second-order valence-corrected chi connectivity index (χ2v) is 5.77. The van der Waals surface area contributed by atoms with Crippen LogP contribution >= 0.6 is 11.6 Å². The van der Waals surface area contributed by atoms with Crippen LogP contribution in [0.25, 0.3) is 11.4 Å². The third-order valence-electron chi connectivity index (χ3n) is 3.53. The first-order chi connectivity index (χ1) is 11.0. The van der Waals surface area contributed by atoms with Gasteiger partial charge in [0.05, 0.1) is 5.02 Å². The van der Waals surface area contributed by atoms with Crippen LogP contribution in [0.4, 0.5) is 0 Å². The van der Waals surface area contributed by atoms with E-state index in [1.807, 2.05) is 50.2 Å². The molecule has 0 N–H and O–H groups in total. The average molecular weight is 327 g/mol. The predicted octanol–water partition coefficient (Wildman–Crippen LogP) is 3.49. The van der Waals surface area contributed by atoms with Crippen LogP contribution in [0.1, 0.15) is 21.5 Å². The van der Waals surface area contributed by atoms with Crippen molar-refractivity contribution in [1.82, 2.24) is 20.2 Å². The van der Waals surface area contributed by atoms with Crippen LogP contribution in [0.2, 0.25) is 5.02 Å². The molecule has 3 aromatic rings. The van der Waals surface area contributed by atoms with Gasteiger partial charge in [-0.15, -0.1) is 10.2 Å². The third kappa shape index (κ3) is 3.29. The molecule has 3 rings (SSSR count). The number of carbonyl (C=O) groups is 1. The van der Waals surface area contributed by atoms with Gasteiger partial charge in [0.1, 0.15) is 6.54 Å². The Balaban J connectivity index is 1.82. The van der Waals surface area contributed by atoms with Crippen molar-refractivity contribution in [3.05, 3.63) is 64.2 Å². The summed E-state index contributed by atoms with van der Waals surface area (Å²) in [6.07, 6.45) is 0. The second kappa shape index (κ2) is 6.30. The fourth-order valence-electron chi connectivity index (χ4n) is 2.40. The molecule has 0 radical (unpaired) electrons. The molecule has 0 amide bonds. The monoisotopic (exact) mass is 326 g/mol. The molecule has 1 aromatic heterocycles. The highest BCUT2D eigenvalue weighted by Crippen LogP contribution is 2.23. The molecule has 0 aliphatic rings. The maximum Gasteiger partial charge on any atom is 0.206 e. The lowest BCUT2D eigenvalue weighted by Crippen LogP contribution is -2.14. The van der Waals surface area contributed by atoms with Gasteiger partial charge >= 0.3 is 0 Å². The highest BCUT2D eigenvalue weighted by molar-refractivity contribution is 6.33. The van der Waals surface area contributed by atoms with Crippen molar-refractivity contribution in [3.8, 4) is 11.4 Å². The number of halogens is 1. The SMILES string of the molecule is Cc1ccc(C(=O)Cn2nnc(-c3ccccc3Cl)n2)c(C)c1. The Morgan fingerprint density at radius 3 is 2.70 bits per heavy atom. The van der Waals surface area contributed by atoms with Gasteiger partial charge in [0, 0.05) is 11.1 Å². The van der Waals surface area contributed by atoms with E-state index in [1.165, 1.54) is 4.80 Å². The molecule has 0 saturated heterocycles. The summed E-state index contributed by atoms with van der Waals surface area (Å²) in [6.45, 7) is 3.96. The van der Waals surface area contributed by atoms with Crippen LogP contribution in [0.15, 0.2) is 42.5 Å². The van der Waals surface area contributed by atoms with Gasteiger partial charge in [0.25, 0.3) is 0 Å². The van der Waals surface area contributed by atoms with Gasteiger partial charge in [-0.1, -0.05) is 47.5 Å². The van der Waals surface area contributed by atoms with Crippen LogP contribution in [0.5, 0.6) is 0 Å². The number of aromatic nitrogens is 4. The van der Waals surface area contributed by atoms with E-state index >= 15 is 0 Å². The summed E-state index contributed by atoms with van der Waals surface area (Å²) >= 11 is 6.12. The summed E-state index contributed by atoms with van der Waals surface area (Å²) in [7, 11) is 0. The van der Waals surface area contributed by atoms with Crippen molar-refractivity contribution >= 4 is 17.4 Å². The van der Waals surface area contributed by atoms with Gasteiger partial charge in [-0.25, -0.2) is 0 Å². The zero-order chi connectivity index (χ0) is 16.4. The fourth-order valence-corrected chi connectivity index (χ4v) is 2.62. The molecule has 0 unspecified atom stereocenters. The van der Waals surface area contributed by atoms with Crippen LogP contribution in [0, 0.1) is 13.8 Å². The molecule has 0 bridgehead atoms. The maximum atomic E-state index is 12.4. The van der Waals surface area contributed by atoms with E-state index in [9.17, 15) is 4.79 Å². The lowest BCUT2D eigenvalue weighted by atomic mass is 10.0. The summed E-state index contributed by atoms with van der Waals surface area (Å²) in [5.41, 5.74) is 3.44. The average Bonchev–Trinajstić information content (AvgIpc) is 2.95. The molecule has 1 heterocycles. The molecular formula is C17H15ClN4O. The summed E-state index contributed by atoms with van der Waals surface area (Å²) in [4.78, 5) is 13.7. The molecule has 0 aliphatic heterocycles. The molecule has 23 heavy (non-hydrogen) atoms. The molecule has 0 saturated carbocycles.